The van der Waals surface area contributed by atoms with Crippen LogP contribution in [0.4, 0.5) is 0 Å². The summed E-state index contributed by atoms with van der Waals surface area (Å²) < 4.78 is 4.47. The highest BCUT2D eigenvalue weighted by Crippen LogP contribution is 2.10. The van der Waals surface area contributed by atoms with E-state index in [4.69, 9.17) is 5.73 Å². The fourth-order valence-electron chi connectivity index (χ4n) is 1.80. The zero-order valence-corrected chi connectivity index (χ0v) is 11.6. The molecule has 0 spiro atoms. The highest BCUT2D eigenvalue weighted by atomic mass is 16.6. The van der Waals surface area contributed by atoms with Gasteiger partial charge in [-0.2, -0.15) is 0 Å². The second-order valence-electron chi connectivity index (χ2n) is 4.63. The fourth-order valence-corrected chi connectivity index (χ4v) is 1.80. The lowest BCUT2D eigenvalue weighted by atomic mass is 10.1. The van der Waals surface area contributed by atoms with E-state index in [1.165, 1.54) is 38.5 Å². The molecule has 0 saturated heterocycles. The standard InChI is InChI=1S/C14H27NO3/c1-2-3-4-5-6-7-8-9-10-11-13(16)18-14(17)12-15/h2-12,15H2,1H3. The van der Waals surface area contributed by atoms with Crippen molar-refractivity contribution in [3.8, 4) is 0 Å². The van der Waals surface area contributed by atoms with Crippen molar-refractivity contribution in [2.75, 3.05) is 6.54 Å². The van der Waals surface area contributed by atoms with Gasteiger partial charge in [-0.25, -0.2) is 0 Å². The monoisotopic (exact) mass is 257 g/mol. The number of ether oxygens (including phenoxy) is 1. The number of esters is 2. The number of unbranched alkanes of at least 4 members (excludes halogenated alkanes) is 8. The topological polar surface area (TPSA) is 69.4 Å². The van der Waals surface area contributed by atoms with Gasteiger partial charge in [0.1, 0.15) is 0 Å². The molecule has 4 heteroatoms. The van der Waals surface area contributed by atoms with Crippen LogP contribution in [0.3, 0.4) is 0 Å². The molecule has 18 heavy (non-hydrogen) atoms. The average molecular weight is 257 g/mol. The Morgan fingerprint density at radius 1 is 0.833 bits per heavy atom. The maximum atomic E-state index is 11.1. The van der Waals surface area contributed by atoms with Gasteiger partial charge >= 0.3 is 11.9 Å². The van der Waals surface area contributed by atoms with Crippen molar-refractivity contribution in [3.63, 3.8) is 0 Å². The van der Waals surface area contributed by atoms with Gasteiger partial charge in [0.2, 0.25) is 0 Å². The minimum absolute atomic E-state index is 0.233. The van der Waals surface area contributed by atoms with Crippen LogP contribution in [-0.4, -0.2) is 18.5 Å². The quantitative estimate of drug-likeness (QED) is 0.351. The number of nitrogens with two attached hydrogens (primary N) is 1. The molecule has 0 radical (unpaired) electrons. The molecule has 4 nitrogen and oxygen atoms in total. The van der Waals surface area contributed by atoms with Gasteiger partial charge in [0.25, 0.3) is 0 Å². The summed E-state index contributed by atoms with van der Waals surface area (Å²) >= 11 is 0. The van der Waals surface area contributed by atoms with Crippen LogP contribution >= 0.6 is 0 Å². The first-order valence-corrected chi connectivity index (χ1v) is 7.14. The van der Waals surface area contributed by atoms with Crippen molar-refractivity contribution in [2.45, 2.75) is 71.1 Å². The van der Waals surface area contributed by atoms with Gasteiger partial charge in [-0.15, -0.1) is 0 Å². The Balaban J connectivity index is 3.20. The lowest BCUT2D eigenvalue weighted by Gasteiger charge is -2.02. The molecule has 0 aromatic carbocycles. The van der Waals surface area contributed by atoms with E-state index in [0.29, 0.717) is 6.42 Å². The van der Waals surface area contributed by atoms with Crippen LogP contribution in [0.25, 0.3) is 0 Å². The molecule has 0 amide bonds. The number of hydrogen-bond donors (Lipinski definition) is 1. The third-order valence-electron chi connectivity index (χ3n) is 2.88. The molecule has 0 aromatic heterocycles. The third-order valence-corrected chi connectivity index (χ3v) is 2.88. The molecule has 0 rings (SSSR count). The van der Waals surface area contributed by atoms with E-state index < -0.39 is 11.9 Å². The summed E-state index contributed by atoms with van der Waals surface area (Å²) in [5.41, 5.74) is 5.04. The van der Waals surface area contributed by atoms with Gasteiger partial charge in [-0.05, 0) is 6.42 Å². The first kappa shape index (κ1) is 17.1. The number of carbonyl (C=O) groups excluding carboxylic acids is 2. The second-order valence-corrected chi connectivity index (χ2v) is 4.63. The molecule has 0 atom stereocenters. The lowest BCUT2D eigenvalue weighted by Crippen LogP contribution is -2.20. The van der Waals surface area contributed by atoms with Crippen molar-refractivity contribution < 1.29 is 14.3 Å². The zero-order chi connectivity index (χ0) is 13.6. The Hall–Kier alpha value is -0.900. The van der Waals surface area contributed by atoms with E-state index in [9.17, 15) is 9.59 Å². The highest BCUT2D eigenvalue weighted by molar-refractivity contribution is 5.86. The van der Waals surface area contributed by atoms with Crippen molar-refractivity contribution in [1.29, 1.82) is 0 Å². The van der Waals surface area contributed by atoms with Crippen molar-refractivity contribution >= 4 is 11.9 Å². The van der Waals surface area contributed by atoms with Crippen LogP contribution in [0.5, 0.6) is 0 Å². The Kier molecular flexibility index (Phi) is 11.9. The second kappa shape index (κ2) is 12.6. The highest BCUT2D eigenvalue weighted by Gasteiger charge is 2.07. The number of rotatable bonds is 11. The molecule has 106 valence electrons. The summed E-state index contributed by atoms with van der Waals surface area (Å²) in [6, 6.07) is 0. The van der Waals surface area contributed by atoms with E-state index in [0.717, 1.165) is 19.3 Å². The molecule has 0 fully saturated rings. The third kappa shape index (κ3) is 11.6. The molecule has 0 aliphatic rings. The first-order chi connectivity index (χ1) is 8.70. The molecular formula is C14H27NO3. The summed E-state index contributed by atoms with van der Waals surface area (Å²) in [5, 5.41) is 0. The predicted octanol–water partition coefficient (Wildman–Crippen LogP) is 2.94. The molecule has 0 bridgehead atoms. The van der Waals surface area contributed by atoms with Crippen molar-refractivity contribution in [1.82, 2.24) is 0 Å². The van der Waals surface area contributed by atoms with Crippen LogP contribution in [-0.2, 0) is 14.3 Å². The van der Waals surface area contributed by atoms with Crippen LogP contribution in [0.15, 0.2) is 0 Å². The largest absolute Gasteiger partial charge is 0.392 e. The molecule has 0 aliphatic heterocycles. The molecule has 0 aromatic rings. The van der Waals surface area contributed by atoms with E-state index in [-0.39, 0.29) is 6.54 Å². The Morgan fingerprint density at radius 3 is 1.83 bits per heavy atom. The summed E-state index contributed by atoms with van der Waals surface area (Å²) in [6.07, 6.45) is 11.1. The minimum Gasteiger partial charge on any atom is -0.392 e. The van der Waals surface area contributed by atoms with Crippen LogP contribution in [0.2, 0.25) is 0 Å². The molecule has 0 unspecified atom stereocenters. The van der Waals surface area contributed by atoms with Gasteiger partial charge in [-0.1, -0.05) is 58.3 Å². The smallest absolute Gasteiger partial charge is 0.327 e. The maximum Gasteiger partial charge on any atom is 0.327 e. The summed E-state index contributed by atoms with van der Waals surface area (Å²) in [5.74, 6) is -1.09. The van der Waals surface area contributed by atoms with Crippen molar-refractivity contribution in [2.24, 2.45) is 5.73 Å². The molecule has 0 aliphatic carbocycles. The number of hydrogen-bond acceptors (Lipinski definition) is 4. The van der Waals surface area contributed by atoms with Crippen LogP contribution in [0, 0.1) is 0 Å². The summed E-state index contributed by atoms with van der Waals surface area (Å²) in [6.45, 7) is 1.98. The molecule has 0 heterocycles. The van der Waals surface area contributed by atoms with E-state index in [1.54, 1.807) is 0 Å². The van der Waals surface area contributed by atoms with Gasteiger partial charge < -0.3 is 10.5 Å². The Morgan fingerprint density at radius 2 is 1.33 bits per heavy atom. The van der Waals surface area contributed by atoms with Gasteiger partial charge in [0.05, 0.1) is 6.54 Å². The summed E-state index contributed by atoms with van der Waals surface area (Å²) in [7, 11) is 0. The maximum absolute atomic E-state index is 11.1. The van der Waals surface area contributed by atoms with Crippen LogP contribution < -0.4 is 5.73 Å². The van der Waals surface area contributed by atoms with E-state index >= 15 is 0 Å². The van der Waals surface area contributed by atoms with Gasteiger partial charge in [0, 0.05) is 6.42 Å². The average Bonchev–Trinajstić information content (AvgIpc) is 2.36. The van der Waals surface area contributed by atoms with Gasteiger partial charge in [0.15, 0.2) is 0 Å². The fraction of sp³-hybridized carbons (Fsp3) is 0.857. The Labute approximate surface area is 110 Å². The first-order valence-electron chi connectivity index (χ1n) is 7.14. The SMILES string of the molecule is CCCCCCCCCCCC(=O)OC(=O)CN. The predicted molar refractivity (Wildman–Crippen MR) is 72.0 cm³/mol. The number of carbonyl (C=O) groups is 2. The molecule has 2 N–H and O–H groups in total. The minimum atomic E-state index is -0.643. The van der Waals surface area contributed by atoms with E-state index in [2.05, 4.69) is 11.7 Å². The summed E-state index contributed by atoms with van der Waals surface area (Å²) in [4.78, 5) is 21.8. The normalized spacial score (nSPS) is 10.3. The zero-order valence-electron chi connectivity index (χ0n) is 11.6. The molecular weight excluding hydrogens is 230 g/mol. The van der Waals surface area contributed by atoms with E-state index in [1.807, 2.05) is 0 Å². The molecule has 0 saturated carbocycles. The van der Waals surface area contributed by atoms with Crippen molar-refractivity contribution in [3.05, 3.63) is 0 Å². The Bertz CT molecular complexity index is 229. The van der Waals surface area contributed by atoms with Crippen LogP contribution in [0.1, 0.15) is 71.1 Å². The lowest BCUT2D eigenvalue weighted by molar-refractivity contribution is -0.158. The van der Waals surface area contributed by atoms with Gasteiger partial charge in [-0.3, -0.25) is 9.59 Å².